The summed E-state index contributed by atoms with van der Waals surface area (Å²) in [6.45, 7) is 0. The van der Waals surface area contributed by atoms with Gasteiger partial charge in [-0.25, -0.2) is 4.98 Å². The number of rotatable bonds is 2. The molecule has 4 nitrogen and oxygen atoms in total. The van der Waals surface area contributed by atoms with Gasteiger partial charge in [0.05, 0.1) is 11.4 Å². The summed E-state index contributed by atoms with van der Waals surface area (Å²) in [4.78, 5) is 16.7. The average Bonchev–Trinajstić information content (AvgIpc) is 2.76. The van der Waals surface area contributed by atoms with Gasteiger partial charge in [-0.3, -0.25) is 4.79 Å². The van der Waals surface area contributed by atoms with E-state index in [9.17, 15) is 10.0 Å². The molecule has 1 aliphatic carbocycles. The molecule has 0 fully saturated rings. The SMILES string of the molecule is O=C(c1cccc(Br)c1)c1nc2c(n1O)CCCC2. The number of imidazole rings is 1. The van der Waals surface area contributed by atoms with Crippen LogP contribution in [0.2, 0.25) is 0 Å². The van der Waals surface area contributed by atoms with Crippen LogP contribution in [0.15, 0.2) is 28.7 Å². The van der Waals surface area contributed by atoms with E-state index in [1.807, 2.05) is 6.07 Å². The Morgan fingerprint density at radius 1 is 1.32 bits per heavy atom. The summed E-state index contributed by atoms with van der Waals surface area (Å²) >= 11 is 3.34. The summed E-state index contributed by atoms with van der Waals surface area (Å²) in [5.74, 6) is -0.136. The first-order valence-corrected chi connectivity index (χ1v) is 7.06. The number of fused-ring (bicyclic) bond motifs is 1. The zero-order chi connectivity index (χ0) is 13.4. The number of aromatic nitrogens is 2. The molecule has 0 bridgehead atoms. The van der Waals surface area contributed by atoms with Crippen molar-refractivity contribution >= 4 is 21.7 Å². The number of hydrogen-bond acceptors (Lipinski definition) is 3. The molecule has 0 unspecified atom stereocenters. The molecule has 1 aliphatic rings. The maximum absolute atomic E-state index is 12.4. The summed E-state index contributed by atoms with van der Waals surface area (Å²) in [6.07, 6.45) is 3.71. The standard InChI is InChI=1S/C14H13BrN2O2/c15-10-5-3-4-9(8-10)13(18)14-16-11-6-1-2-7-12(11)17(14)19/h3-5,8,19H,1-2,6-7H2. The van der Waals surface area contributed by atoms with Gasteiger partial charge in [0.25, 0.3) is 0 Å². The summed E-state index contributed by atoms with van der Waals surface area (Å²) in [6, 6.07) is 7.10. The normalized spacial score (nSPS) is 14.2. The number of carbonyl (C=O) groups excluding carboxylic acids is 1. The monoisotopic (exact) mass is 320 g/mol. The Morgan fingerprint density at radius 2 is 2.11 bits per heavy atom. The Kier molecular flexibility index (Phi) is 3.14. The van der Waals surface area contributed by atoms with E-state index < -0.39 is 0 Å². The molecule has 3 rings (SSSR count). The molecule has 1 aromatic heterocycles. The molecule has 98 valence electrons. The Hall–Kier alpha value is -1.62. The van der Waals surface area contributed by atoms with E-state index >= 15 is 0 Å². The topological polar surface area (TPSA) is 55.1 Å². The van der Waals surface area contributed by atoms with Crippen molar-refractivity contribution in [3.63, 3.8) is 0 Å². The Labute approximate surface area is 119 Å². The van der Waals surface area contributed by atoms with Crippen molar-refractivity contribution in [3.05, 3.63) is 51.5 Å². The second-order valence-electron chi connectivity index (χ2n) is 4.69. The number of benzene rings is 1. The quantitative estimate of drug-likeness (QED) is 0.683. The van der Waals surface area contributed by atoms with Crippen molar-refractivity contribution in [3.8, 4) is 0 Å². The van der Waals surface area contributed by atoms with Crippen LogP contribution in [0, 0.1) is 0 Å². The third kappa shape index (κ3) is 2.18. The van der Waals surface area contributed by atoms with Gasteiger partial charge in [-0.05, 0) is 37.8 Å². The van der Waals surface area contributed by atoms with Crippen LogP contribution in [-0.2, 0) is 12.8 Å². The van der Waals surface area contributed by atoms with Gasteiger partial charge in [0.2, 0.25) is 11.6 Å². The van der Waals surface area contributed by atoms with E-state index in [-0.39, 0.29) is 11.6 Å². The third-order valence-electron chi connectivity index (χ3n) is 3.40. The average molecular weight is 321 g/mol. The number of aryl methyl sites for hydroxylation is 1. The first kappa shape index (κ1) is 12.4. The number of halogens is 1. The Balaban J connectivity index is 2.03. The molecule has 0 saturated heterocycles. The van der Waals surface area contributed by atoms with Gasteiger partial charge in [0.15, 0.2) is 0 Å². The molecule has 1 N–H and O–H groups in total. The lowest BCUT2D eigenvalue weighted by atomic mass is 10.0. The summed E-state index contributed by atoms with van der Waals surface area (Å²) in [5, 5.41) is 10.1. The summed E-state index contributed by atoms with van der Waals surface area (Å²) in [5.41, 5.74) is 2.16. The molecule has 2 aromatic rings. The van der Waals surface area contributed by atoms with Crippen molar-refractivity contribution in [2.45, 2.75) is 25.7 Å². The van der Waals surface area contributed by atoms with Crippen LogP contribution < -0.4 is 0 Å². The van der Waals surface area contributed by atoms with E-state index in [0.29, 0.717) is 5.56 Å². The van der Waals surface area contributed by atoms with Gasteiger partial charge in [-0.2, -0.15) is 4.73 Å². The minimum atomic E-state index is -0.252. The van der Waals surface area contributed by atoms with Crippen LogP contribution in [-0.4, -0.2) is 20.7 Å². The fraction of sp³-hybridized carbons (Fsp3) is 0.286. The molecule has 0 saturated carbocycles. The highest BCUT2D eigenvalue weighted by molar-refractivity contribution is 9.10. The number of hydrogen-bond donors (Lipinski definition) is 1. The zero-order valence-electron chi connectivity index (χ0n) is 10.3. The summed E-state index contributed by atoms with van der Waals surface area (Å²) < 4.78 is 1.80. The molecule has 1 aromatic carbocycles. The maximum atomic E-state index is 12.4. The first-order valence-electron chi connectivity index (χ1n) is 6.27. The highest BCUT2D eigenvalue weighted by Gasteiger charge is 2.24. The zero-order valence-corrected chi connectivity index (χ0v) is 11.9. The number of carbonyl (C=O) groups is 1. The van der Waals surface area contributed by atoms with Crippen molar-refractivity contribution in [1.82, 2.24) is 9.71 Å². The molecular weight excluding hydrogens is 308 g/mol. The van der Waals surface area contributed by atoms with Crippen molar-refractivity contribution in [2.75, 3.05) is 0 Å². The smallest absolute Gasteiger partial charge is 0.231 e. The Morgan fingerprint density at radius 3 is 2.84 bits per heavy atom. The van der Waals surface area contributed by atoms with Gasteiger partial charge in [-0.1, -0.05) is 28.1 Å². The molecule has 0 atom stereocenters. The van der Waals surface area contributed by atoms with Crippen LogP contribution in [0.5, 0.6) is 0 Å². The second-order valence-corrected chi connectivity index (χ2v) is 5.60. The molecule has 19 heavy (non-hydrogen) atoms. The molecule has 0 amide bonds. The molecule has 5 heteroatoms. The van der Waals surface area contributed by atoms with Crippen LogP contribution in [0.3, 0.4) is 0 Å². The molecule has 0 aliphatic heterocycles. The Bertz CT molecular complexity index is 649. The summed E-state index contributed by atoms with van der Waals surface area (Å²) in [7, 11) is 0. The van der Waals surface area contributed by atoms with E-state index in [4.69, 9.17) is 0 Å². The predicted molar refractivity (Wildman–Crippen MR) is 73.6 cm³/mol. The lowest BCUT2D eigenvalue weighted by molar-refractivity contribution is 0.0970. The largest absolute Gasteiger partial charge is 0.426 e. The minimum absolute atomic E-state index is 0.116. The number of nitrogens with zero attached hydrogens (tertiary/aromatic N) is 2. The van der Waals surface area contributed by atoms with E-state index in [2.05, 4.69) is 20.9 Å². The fourth-order valence-electron chi connectivity index (χ4n) is 2.43. The van der Waals surface area contributed by atoms with Crippen LogP contribution in [0.25, 0.3) is 0 Å². The van der Waals surface area contributed by atoms with E-state index in [0.717, 1.165) is 46.3 Å². The maximum Gasteiger partial charge on any atom is 0.231 e. The molecule has 0 radical (unpaired) electrons. The third-order valence-corrected chi connectivity index (χ3v) is 3.89. The number of ketones is 1. The lowest BCUT2D eigenvalue weighted by Gasteiger charge is -2.09. The van der Waals surface area contributed by atoms with Crippen LogP contribution in [0.4, 0.5) is 0 Å². The molecule has 1 heterocycles. The van der Waals surface area contributed by atoms with Gasteiger partial charge < -0.3 is 5.21 Å². The van der Waals surface area contributed by atoms with Crippen LogP contribution >= 0.6 is 15.9 Å². The highest BCUT2D eigenvalue weighted by atomic mass is 79.9. The van der Waals surface area contributed by atoms with Gasteiger partial charge in [-0.15, -0.1) is 0 Å². The van der Waals surface area contributed by atoms with E-state index in [1.165, 1.54) is 0 Å². The fourth-order valence-corrected chi connectivity index (χ4v) is 2.83. The van der Waals surface area contributed by atoms with Gasteiger partial charge in [0, 0.05) is 10.0 Å². The molecule has 0 spiro atoms. The molecular formula is C14H13BrN2O2. The predicted octanol–water partition coefficient (Wildman–Crippen LogP) is 2.99. The van der Waals surface area contributed by atoms with Crippen molar-refractivity contribution in [2.24, 2.45) is 0 Å². The van der Waals surface area contributed by atoms with E-state index in [1.54, 1.807) is 18.2 Å². The van der Waals surface area contributed by atoms with Gasteiger partial charge >= 0.3 is 0 Å². The van der Waals surface area contributed by atoms with Crippen LogP contribution in [0.1, 0.15) is 40.4 Å². The minimum Gasteiger partial charge on any atom is -0.426 e. The highest BCUT2D eigenvalue weighted by Crippen LogP contribution is 2.23. The second kappa shape index (κ2) is 4.81. The lowest BCUT2D eigenvalue weighted by Crippen LogP contribution is -2.12. The first-order chi connectivity index (χ1) is 9.16. The van der Waals surface area contributed by atoms with Crippen molar-refractivity contribution < 1.29 is 10.0 Å². The van der Waals surface area contributed by atoms with Crippen molar-refractivity contribution in [1.29, 1.82) is 0 Å². The van der Waals surface area contributed by atoms with Gasteiger partial charge in [0.1, 0.15) is 0 Å².